The molecule has 6 heteroatoms. The Labute approximate surface area is 112 Å². The molecule has 1 aromatic rings. The number of likely N-dealkylation sites (tertiary alicyclic amines) is 1. The van der Waals surface area contributed by atoms with Gasteiger partial charge in [-0.3, -0.25) is 14.5 Å². The molecule has 1 fully saturated rings. The standard InChI is InChI=1S/C13H20N4O2/c1-2-6-17-12(18)9-11(13(17)19)15-4-3-7-16-8-5-14-10-16/h5,8,10-11,15H,2-4,6-7,9H2,1H3. The molecule has 2 heterocycles. The van der Waals surface area contributed by atoms with Gasteiger partial charge in [-0.05, 0) is 19.4 Å². The maximum atomic E-state index is 12.0. The molecule has 2 amide bonds. The highest BCUT2D eigenvalue weighted by Crippen LogP contribution is 2.13. The van der Waals surface area contributed by atoms with E-state index in [1.54, 1.807) is 12.5 Å². The van der Waals surface area contributed by atoms with Crippen LogP contribution in [0.25, 0.3) is 0 Å². The molecule has 0 aliphatic carbocycles. The third-order valence-corrected chi connectivity index (χ3v) is 3.23. The smallest absolute Gasteiger partial charge is 0.246 e. The van der Waals surface area contributed by atoms with Crippen LogP contribution in [0.4, 0.5) is 0 Å². The summed E-state index contributed by atoms with van der Waals surface area (Å²) in [6.45, 7) is 4.08. The van der Waals surface area contributed by atoms with E-state index in [-0.39, 0.29) is 17.9 Å². The van der Waals surface area contributed by atoms with Crippen LogP contribution in [0.5, 0.6) is 0 Å². The summed E-state index contributed by atoms with van der Waals surface area (Å²) in [7, 11) is 0. The van der Waals surface area contributed by atoms with Gasteiger partial charge in [-0.25, -0.2) is 4.98 Å². The third kappa shape index (κ3) is 3.41. The second-order valence-electron chi connectivity index (χ2n) is 4.75. The highest BCUT2D eigenvalue weighted by Gasteiger charge is 2.37. The van der Waals surface area contributed by atoms with Crippen LogP contribution in [-0.4, -0.2) is 45.4 Å². The van der Waals surface area contributed by atoms with Crippen molar-refractivity contribution < 1.29 is 9.59 Å². The Morgan fingerprint density at radius 2 is 2.26 bits per heavy atom. The largest absolute Gasteiger partial charge is 0.337 e. The van der Waals surface area contributed by atoms with Gasteiger partial charge in [-0.2, -0.15) is 0 Å². The number of nitrogens with one attached hydrogen (secondary N) is 1. The molecule has 1 aliphatic heterocycles. The van der Waals surface area contributed by atoms with Gasteiger partial charge in [-0.1, -0.05) is 6.92 Å². The summed E-state index contributed by atoms with van der Waals surface area (Å²) in [5.41, 5.74) is 0. The van der Waals surface area contributed by atoms with Gasteiger partial charge in [0.05, 0.1) is 18.8 Å². The number of carbonyl (C=O) groups excluding carboxylic acids is 2. The van der Waals surface area contributed by atoms with Gasteiger partial charge < -0.3 is 9.88 Å². The van der Waals surface area contributed by atoms with E-state index in [1.165, 1.54) is 4.90 Å². The van der Waals surface area contributed by atoms with Gasteiger partial charge in [0.2, 0.25) is 11.8 Å². The van der Waals surface area contributed by atoms with Crippen molar-refractivity contribution in [3.05, 3.63) is 18.7 Å². The molecule has 1 unspecified atom stereocenters. The molecule has 2 rings (SSSR count). The van der Waals surface area contributed by atoms with E-state index in [0.29, 0.717) is 13.0 Å². The first-order valence-corrected chi connectivity index (χ1v) is 6.75. The van der Waals surface area contributed by atoms with Crippen molar-refractivity contribution in [1.82, 2.24) is 19.8 Å². The van der Waals surface area contributed by atoms with Gasteiger partial charge in [0.1, 0.15) is 0 Å². The van der Waals surface area contributed by atoms with E-state index in [9.17, 15) is 9.59 Å². The first-order valence-electron chi connectivity index (χ1n) is 6.75. The fourth-order valence-electron chi connectivity index (χ4n) is 2.26. The maximum Gasteiger partial charge on any atom is 0.246 e. The van der Waals surface area contributed by atoms with Crippen LogP contribution in [-0.2, 0) is 16.1 Å². The molecule has 19 heavy (non-hydrogen) atoms. The van der Waals surface area contributed by atoms with E-state index < -0.39 is 0 Å². The lowest BCUT2D eigenvalue weighted by atomic mass is 10.2. The van der Waals surface area contributed by atoms with Crippen LogP contribution in [0.3, 0.4) is 0 Å². The van der Waals surface area contributed by atoms with Crippen LogP contribution >= 0.6 is 0 Å². The molecule has 0 saturated carbocycles. The van der Waals surface area contributed by atoms with Gasteiger partial charge in [0.25, 0.3) is 0 Å². The first-order chi connectivity index (χ1) is 9.22. The minimum absolute atomic E-state index is 0.0565. The number of imide groups is 1. The van der Waals surface area contributed by atoms with E-state index >= 15 is 0 Å². The third-order valence-electron chi connectivity index (χ3n) is 3.23. The van der Waals surface area contributed by atoms with Gasteiger partial charge >= 0.3 is 0 Å². The fourth-order valence-corrected chi connectivity index (χ4v) is 2.26. The number of imidazole rings is 1. The molecule has 1 aromatic heterocycles. The van der Waals surface area contributed by atoms with Crippen molar-refractivity contribution in [2.24, 2.45) is 0 Å². The Morgan fingerprint density at radius 3 is 2.95 bits per heavy atom. The predicted molar refractivity (Wildman–Crippen MR) is 70.3 cm³/mol. The molecule has 104 valence electrons. The molecule has 6 nitrogen and oxygen atoms in total. The first kappa shape index (κ1) is 13.7. The molecular formula is C13H20N4O2. The van der Waals surface area contributed by atoms with Crippen LogP contribution in [0.15, 0.2) is 18.7 Å². The van der Waals surface area contributed by atoms with E-state index in [4.69, 9.17) is 0 Å². The zero-order valence-electron chi connectivity index (χ0n) is 11.2. The maximum absolute atomic E-state index is 12.0. The van der Waals surface area contributed by atoms with Crippen molar-refractivity contribution in [1.29, 1.82) is 0 Å². The molecule has 0 radical (unpaired) electrons. The molecule has 1 N–H and O–H groups in total. The quantitative estimate of drug-likeness (QED) is 0.572. The normalized spacial score (nSPS) is 19.4. The average molecular weight is 264 g/mol. The summed E-state index contributed by atoms with van der Waals surface area (Å²) in [5.74, 6) is -0.131. The number of nitrogens with zero attached hydrogens (tertiary/aromatic N) is 3. The van der Waals surface area contributed by atoms with Crippen molar-refractivity contribution >= 4 is 11.8 Å². The number of aromatic nitrogens is 2. The SMILES string of the molecule is CCCN1C(=O)CC(NCCCn2ccnc2)C1=O. The topological polar surface area (TPSA) is 67.2 Å². The molecule has 1 atom stereocenters. The highest BCUT2D eigenvalue weighted by molar-refractivity contribution is 6.05. The molecule has 1 aliphatic rings. The van der Waals surface area contributed by atoms with Crippen molar-refractivity contribution in [2.45, 2.75) is 38.8 Å². The summed E-state index contributed by atoms with van der Waals surface area (Å²) < 4.78 is 1.99. The number of carbonyl (C=O) groups is 2. The lowest BCUT2D eigenvalue weighted by Crippen LogP contribution is -2.39. The Morgan fingerprint density at radius 1 is 1.42 bits per heavy atom. The van der Waals surface area contributed by atoms with Crippen LogP contribution in [0.1, 0.15) is 26.2 Å². The lowest BCUT2D eigenvalue weighted by Gasteiger charge is -2.14. The Bertz CT molecular complexity index is 430. The van der Waals surface area contributed by atoms with E-state index in [1.807, 2.05) is 17.7 Å². The fraction of sp³-hybridized carbons (Fsp3) is 0.615. The van der Waals surface area contributed by atoms with Crippen LogP contribution in [0.2, 0.25) is 0 Å². The summed E-state index contributed by atoms with van der Waals surface area (Å²) in [6, 6.07) is -0.332. The molecular weight excluding hydrogens is 244 g/mol. The molecule has 0 aromatic carbocycles. The van der Waals surface area contributed by atoms with Gasteiger partial charge in [0.15, 0.2) is 0 Å². The van der Waals surface area contributed by atoms with Crippen LogP contribution in [0, 0.1) is 0 Å². The number of aryl methyl sites for hydroxylation is 1. The van der Waals surface area contributed by atoms with Crippen LogP contribution < -0.4 is 5.32 Å². The Hall–Kier alpha value is -1.69. The minimum atomic E-state index is -0.332. The monoisotopic (exact) mass is 264 g/mol. The van der Waals surface area contributed by atoms with E-state index in [2.05, 4.69) is 10.3 Å². The summed E-state index contributed by atoms with van der Waals surface area (Å²) in [6.07, 6.45) is 7.44. The second-order valence-corrected chi connectivity index (χ2v) is 4.75. The Balaban J connectivity index is 1.71. The summed E-state index contributed by atoms with van der Waals surface area (Å²) in [5, 5.41) is 3.17. The lowest BCUT2D eigenvalue weighted by molar-refractivity contribution is -0.138. The van der Waals surface area contributed by atoms with Crippen molar-refractivity contribution in [2.75, 3.05) is 13.1 Å². The molecule has 0 spiro atoms. The average Bonchev–Trinajstić information content (AvgIpc) is 2.99. The molecule has 0 bridgehead atoms. The molecule has 1 saturated heterocycles. The zero-order valence-corrected chi connectivity index (χ0v) is 11.2. The van der Waals surface area contributed by atoms with Crippen molar-refractivity contribution in [3.8, 4) is 0 Å². The summed E-state index contributed by atoms with van der Waals surface area (Å²) >= 11 is 0. The number of hydrogen-bond donors (Lipinski definition) is 1. The van der Waals surface area contributed by atoms with E-state index in [0.717, 1.165) is 25.9 Å². The summed E-state index contributed by atoms with van der Waals surface area (Å²) in [4.78, 5) is 28.9. The number of rotatable bonds is 7. The zero-order chi connectivity index (χ0) is 13.7. The Kier molecular flexibility index (Phi) is 4.68. The second kappa shape index (κ2) is 6.47. The minimum Gasteiger partial charge on any atom is -0.337 e. The predicted octanol–water partition coefficient (Wildman–Crippen LogP) is 0.400. The number of amides is 2. The van der Waals surface area contributed by atoms with Gasteiger partial charge in [0, 0.05) is 25.5 Å². The highest BCUT2D eigenvalue weighted by atomic mass is 16.2. The van der Waals surface area contributed by atoms with Crippen molar-refractivity contribution in [3.63, 3.8) is 0 Å². The number of hydrogen-bond acceptors (Lipinski definition) is 4. The van der Waals surface area contributed by atoms with Gasteiger partial charge in [-0.15, -0.1) is 0 Å².